The molecule has 1 aliphatic carbocycles. The fourth-order valence-electron chi connectivity index (χ4n) is 3.14. The van der Waals surface area contributed by atoms with E-state index >= 15 is 0 Å². The molecule has 134 valence electrons. The topological polar surface area (TPSA) is 55.8 Å². The van der Waals surface area contributed by atoms with Crippen molar-refractivity contribution in [1.29, 1.82) is 0 Å². The lowest BCUT2D eigenvalue weighted by molar-refractivity contribution is -0.154. The minimum Gasteiger partial charge on any atom is -0.464 e. The Labute approximate surface area is 152 Å². The smallest absolute Gasteiger partial charge is 0.328 e. The summed E-state index contributed by atoms with van der Waals surface area (Å²) in [4.78, 5) is 26.3. The molecule has 1 saturated carbocycles. The van der Waals surface area contributed by atoms with Crippen LogP contribution < -0.4 is 4.74 Å². The van der Waals surface area contributed by atoms with Crippen molar-refractivity contribution in [2.24, 2.45) is 5.92 Å². The first-order chi connectivity index (χ1) is 12.1. The van der Waals surface area contributed by atoms with Crippen molar-refractivity contribution in [1.82, 2.24) is 4.90 Å². The second-order valence-electron chi connectivity index (χ2n) is 6.41. The molecule has 0 aromatic heterocycles. The Morgan fingerprint density at radius 2 is 2.12 bits per heavy atom. The molecule has 0 N–H and O–H groups in total. The molecule has 1 aromatic rings. The van der Waals surface area contributed by atoms with Crippen molar-refractivity contribution >= 4 is 23.5 Å². The van der Waals surface area contributed by atoms with E-state index in [9.17, 15) is 9.59 Å². The Kier molecular flexibility index (Phi) is 5.63. The lowest BCUT2D eigenvalue weighted by Crippen LogP contribution is -2.45. The van der Waals surface area contributed by atoms with Crippen LogP contribution in [0.3, 0.4) is 0 Å². The molecule has 5 nitrogen and oxygen atoms in total. The van der Waals surface area contributed by atoms with Gasteiger partial charge in [0.1, 0.15) is 17.6 Å². The normalized spacial score (nSPS) is 18.6. The first-order valence-corrected chi connectivity index (χ1v) is 9.06. The Morgan fingerprint density at radius 1 is 1.36 bits per heavy atom. The zero-order chi connectivity index (χ0) is 17.8. The highest BCUT2D eigenvalue weighted by Crippen LogP contribution is 2.33. The summed E-state index contributed by atoms with van der Waals surface area (Å²) in [5.74, 6) is 0.906. The molecule has 1 amide bonds. The summed E-state index contributed by atoms with van der Waals surface area (Å²) in [6.45, 7) is 2.33. The highest BCUT2D eigenvalue weighted by atomic mass is 35.5. The van der Waals surface area contributed by atoms with Gasteiger partial charge in [-0.05, 0) is 31.4 Å². The van der Waals surface area contributed by atoms with Gasteiger partial charge >= 0.3 is 5.97 Å². The van der Waals surface area contributed by atoms with E-state index in [2.05, 4.69) is 0 Å². The first-order valence-electron chi connectivity index (χ1n) is 8.68. The summed E-state index contributed by atoms with van der Waals surface area (Å²) >= 11 is 6.10. The lowest BCUT2D eigenvalue weighted by Gasteiger charge is -2.33. The molecule has 0 bridgehead atoms. The monoisotopic (exact) mass is 363 g/mol. The number of carbonyl (C=O) groups is 2. The average molecular weight is 364 g/mol. The maximum absolute atomic E-state index is 12.4. The van der Waals surface area contributed by atoms with Gasteiger partial charge < -0.3 is 14.4 Å². The molecule has 6 heteroatoms. The third kappa shape index (κ3) is 4.15. The van der Waals surface area contributed by atoms with Crippen LogP contribution in [0.15, 0.2) is 36.1 Å². The van der Waals surface area contributed by atoms with Gasteiger partial charge in [0.15, 0.2) is 0 Å². The van der Waals surface area contributed by atoms with Crippen molar-refractivity contribution in [2.75, 3.05) is 13.2 Å². The molecule has 25 heavy (non-hydrogen) atoms. The Balaban J connectivity index is 1.69. The quantitative estimate of drug-likeness (QED) is 0.695. The van der Waals surface area contributed by atoms with Crippen molar-refractivity contribution < 1.29 is 19.1 Å². The Morgan fingerprint density at radius 3 is 2.76 bits per heavy atom. The molecule has 2 aliphatic rings. The van der Waals surface area contributed by atoms with E-state index in [0.717, 1.165) is 12.8 Å². The van der Waals surface area contributed by atoms with E-state index in [1.54, 1.807) is 24.0 Å². The van der Waals surface area contributed by atoms with Gasteiger partial charge in [0.05, 0.1) is 18.2 Å². The van der Waals surface area contributed by atoms with Crippen LogP contribution in [0, 0.1) is 5.92 Å². The highest BCUT2D eigenvalue weighted by molar-refractivity contribution is 6.32. The summed E-state index contributed by atoms with van der Waals surface area (Å²) in [6, 6.07) is 6.54. The predicted molar refractivity (Wildman–Crippen MR) is 94.3 cm³/mol. The summed E-state index contributed by atoms with van der Waals surface area (Å²) in [5, 5.41) is 0.478. The SMILES string of the molecule is CCOC(=O)C(CC1CCC1)N1CC(Oc2ccccc2Cl)=CC1=O. The summed E-state index contributed by atoms with van der Waals surface area (Å²) in [5.41, 5.74) is 0. The zero-order valence-electron chi connectivity index (χ0n) is 14.2. The summed E-state index contributed by atoms with van der Waals surface area (Å²) in [6.07, 6.45) is 5.48. The average Bonchev–Trinajstić information content (AvgIpc) is 2.89. The maximum Gasteiger partial charge on any atom is 0.328 e. The van der Waals surface area contributed by atoms with Gasteiger partial charge in [0, 0.05) is 6.08 Å². The number of hydrogen-bond acceptors (Lipinski definition) is 4. The molecule has 0 saturated heterocycles. The van der Waals surface area contributed by atoms with Crippen LogP contribution in [-0.4, -0.2) is 36.0 Å². The number of amides is 1. The van der Waals surface area contributed by atoms with Crippen molar-refractivity contribution in [2.45, 2.75) is 38.6 Å². The number of nitrogens with zero attached hydrogens (tertiary/aromatic N) is 1. The molecule has 1 aliphatic heterocycles. The van der Waals surface area contributed by atoms with E-state index in [-0.39, 0.29) is 18.4 Å². The van der Waals surface area contributed by atoms with Gasteiger partial charge in [0.25, 0.3) is 5.91 Å². The van der Waals surface area contributed by atoms with Crippen molar-refractivity contribution in [3.05, 3.63) is 41.1 Å². The van der Waals surface area contributed by atoms with Crippen LogP contribution in [-0.2, 0) is 14.3 Å². The third-order valence-electron chi connectivity index (χ3n) is 4.69. The molecule has 1 atom stereocenters. The minimum atomic E-state index is -0.554. The van der Waals surface area contributed by atoms with E-state index < -0.39 is 6.04 Å². The minimum absolute atomic E-state index is 0.223. The van der Waals surface area contributed by atoms with E-state index in [1.165, 1.54) is 12.5 Å². The molecule has 1 unspecified atom stereocenters. The van der Waals surface area contributed by atoms with Gasteiger partial charge in [-0.25, -0.2) is 4.79 Å². The number of ether oxygens (including phenoxy) is 2. The summed E-state index contributed by atoms with van der Waals surface area (Å²) in [7, 11) is 0. The molecule has 1 aromatic carbocycles. The van der Waals surface area contributed by atoms with E-state index in [0.29, 0.717) is 35.5 Å². The molecular weight excluding hydrogens is 342 g/mol. The van der Waals surface area contributed by atoms with Gasteiger partial charge in [-0.3, -0.25) is 4.79 Å². The second kappa shape index (κ2) is 7.91. The Bertz CT molecular complexity index is 684. The summed E-state index contributed by atoms with van der Waals surface area (Å²) < 4.78 is 10.9. The van der Waals surface area contributed by atoms with E-state index in [4.69, 9.17) is 21.1 Å². The van der Waals surface area contributed by atoms with Crippen LogP contribution in [0.4, 0.5) is 0 Å². The third-order valence-corrected chi connectivity index (χ3v) is 5.00. The van der Waals surface area contributed by atoms with Crippen LogP contribution >= 0.6 is 11.6 Å². The number of esters is 1. The molecule has 0 spiro atoms. The predicted octanol–water partition coefficient (Wildman–Crippen LogP) is 3.57. The number of para-hydroxylation sites is 1. The maximum atomic E-state index is 12.4. The fraction of sp³-hybridized carbons (Fsp3) is 0.474. The molecule has 3 rings (SSSR count). The van der Waals surface area contributed by atoms with Gasteiger partial charge in [0.2, 0.25) is 0 Å². The van der Waals surface area contributed by atoms with Gasteiger partial charge in [-0.1, -0.05) is 43.0 Å². The van der Waals surface area contributed by atoms with E-state index in [1.807, 2.05) is 12.1 Å². The lowest BCUT2D eigenvalue weighted by atomic mass is 9.80. The standard InChI is InChI=1S/C19H22ClNO4/c1-2-24-19(23)16(10-13-6-5-7-13)21-12-14(11-18(21)22)25-17-9-4-3-8-15(17)20/h3-4,8-9,11,13,16H,2,5-7,10,12H2,1H3. The molecule has 1 heterocycles. The number of carbonyl (C=O) groups excluding carboxylic acids is 2. The van der Waals surface area contributed by atoms with Crippen LogP contribution in [0.5, 0.6) is 5.75 Å². The van der Waals surface area contributed by atoms with Crippen LogP contribution in [0.1, 0.15) is 32.6 Å². The van der Waals surface area contributed by atoms with Crippen molar-refractivity contribution in [3.63, 3.8) is 0 Å². The zero-order valence-corrected chi connectivity index (χ0v) is 15.0. The number of benzene rings is 1. The second-order valence-corrected chi connectivity index (χ2v) is 6.82. The van der Waals surface area contributed by atoms with Crippen LogP contribution in [0.25, 0.3) is 0 Å². The number of rotatable bonds is 7. The number of hydrogen-bond donors (Lipinski definition) is 0. The van der Waals surface area contributed by atoms with Gasteiger partial charge in [-0.2, -0.15) is 0 Å². The van der Waals surface area contributed by atoms with Crippen LogP contribution in [0.2, 0.25) is 5.02 Å². The molecule has 1 fully saturated rings. The largest absolute Gasteiger partial charge is 0.464 e. The first kappa shape index (κ1) is 17.8. The highest BCUT2D eigenvalue weighted by Gasteiger charge is 2.37. The molecule has 0 radical (unpaired) electrons. The van der Waals surface area contributed by atoms with Crippen molar-refractivity contribution in [3.8, 4) is 5.75 Å². The molecular formula is C19H22ClNO4. The Hall–Kier alpha value is -2.01. The number of halogens is 1. The fourth-order valence-corrected chi connectivity index (χ4v) is 3.31. The van der Waals surface area contributed by atoms with Gasteiger partial charge in [-0.15, -0.1) is 0 Å².